The van der Waals surface area contributed by atoms with Crippen molar-refractivity contribution in [3.05, 3.63) is 35.6 Å². The summed E-state index contributed by atoms with van der Waals surface area (Å²) in [7, 11) is 3.44. The van der Waals surface area contributed by atoms with Crippen LogP contribution < -0.4 is 10.6 Å². The number of halogens is 1. The van der Waals surface area contributed by atoms with Gasteiger partial charge in [-0.1, -0.05) is 32.0 Å². The van der Waals surface area contributed by atoms with Crippen LogP contribution >= 0.6 is 0 Å². The molecule has 0 saturated carbocycles. The third kappa shape index (κ3) is 5.11. The average molecular weight is 309 g/mol. The van der Waals surface area contributed by atoms with Gasteiger partial charge in [-0.2, -0.15) is 0 Å². The van der Waals surface area contributed by atoms with E-state index >= 15 is 0 Å². The van der Waals surface area contributed by atoms with E-state index in [0.29, 0.717) is 18.7 Å². The van der Waals surface area contributed by atoms with Gasteiger partial charge in [0.15, 0.2) is 0 Å². The van der Waals surface area contributed by atoms with Crippen LogP contribution in [-0.4, -0.2) is 43.9 Å². The number of carbonyl (C=O) groups is 2. The lowest BCUT2D eigenvalue weighted by molar-refractivity contribution is -0.127. The number of benzene rings is 1. The van der Waals surface area contributed by atoms with Gasteiger partial charge in [0, 0.05) is 24.6 Å². The molecule has 0 aliphatic rings. The average Bonchev–Trinajstić information content (AvgIpc) is 2.45. The second-order valence-electron chi connectivity index (χ2n) is 5.62. The molecule has 1 aromatic rings. The van der Waals surface area contributed by atoms with E-state index < -0.39 is 11.9 Å². The van der Waals surface area contributed by atoms with Crippen LogP contribution in [0.4, 0.5) is 4.39 Å². The van der Waals surface area contributed by atoms with Crippen molar-refractivity contribution in [3.63, 3.8) is 0 Å². The Morgan fingerprint density at radius 2 is 1.64 bits per heavy atom. The first-order valence-corrected chi connectivity index (χ1v) is 7.31. The van der Waals surface area contributed by atoms with Crippen LogP contribution in [0.25, 0.3) is 0 Å². The lowest BCUT2D eigenvalue weighted by atomic mass is 10.0. The minimum absolute atomic E-state index is 0.0625. The summed E-state index contributed by atoms with van der Waals surface area (Å²) in [4.78, 5) is 25.4. The summed E-state index contributed by atoms with van der Waals surface area (Å²) < 4.78 is 13.9. The first-order valence-electron chi connectivity index (χ1n) is 7.31. The van der Waals surface area contributed by atoms with Crippen LogP contribution in [0.2, 0.25) is 0 Å². The Bertz CT molecular complexity index is 518. The molecular formula is C16H24FN3O2. The highest BCUT2D eigenvalue weighted by molar-refractivity contribution is 5.83. The van der Waals surface area contributed by atoms with E-state index in [1.165, 1.54) is 6.07 Å². The monoisotopic (exact) mass is 309 g/mol. The van der Waals surface area contributed by atoms with Crippen molar-refractivity contribution >= 4 is 11.8 Å². The fourth-order valence-electron chi connectivity index (χ4n) is 2.02. The molecule has 0 saturated heterocycles. The Morgan fingerprint density at radius 3 is 2.14 bits per heavy atom. The van der Waals surface area contributed by atoms with E-state index in [1.54, 1.807) is 51.0 Å². The van der Waals surface area contributed by atoms with Gasteiger partial charge in [-0.3, -0.25) is 14.5 Å². The van der Waals surface area contributed by atoms with Gasteiger partial charge in [-0.25, -0.2) is 4.39 Å². The van der Waals surface area contributed by atoms with Gasteiger partial charge in [0.2, 0.25) is 11.8 Å². The van der Waals surface area contributed by atoms with E-state index in [-0.39, 0.29) is 17.7 Å². The number of hydrogen-bond donors (Lipinski definition) is 2. The zero-order valence-electron chi connectivity index (χ0n) is 13.5. The molecular weight excluding hydrogens is 285 g/mol. The molecule has 0 aliphatic heterocycles. The molecule has 1 unspecified atom stereocenters. The Labute approximate surface area is 130 Å². The topological polar surface area (TPSA) is 61.4 Å². The van der Waals surface area contributed by atoms with Crippen LogP contribution in [0.1, 0.15) is 25.5 Å². The van der Waals surface area contributed by atoms with E-state index in [2.05, 4.69) is 10.6 Å². The quantitative estimate of drug-likeness (QED) is 0.747. The smallest absolute Gasteiger partial charge is 0.242 e. The van der Waals surface area contributed by atoms with Gasteiger partial charge < -0.3 is 10.6 Å². The number of nitrogens with zero attached hydrogens (tertiary/aromatic N) is 1. The molecule has 0 heterocycles. The number of likely N-dealkylation sites (N-methyl/N-ethyl adjacent to an activating group) is 1. The predicted molar refractivity (Wildman–Crippen MR) is 83.7 cm³/mol. The van der Waals surface area contributed by atoms with E-state index in [4.69, 9.17) is 0 Å². The lowest BCUT2D eigenvalue weighted by Gasteiger charge is -2.24. The van der Waals surface area contributed by atoms with Gasteiger partial charge in [0.05, 0.1) is 0 Å². The number of carbonyl (C=O) groups excluding carboxylic acids is 2. The van der Waals surface area contributed by atoms with Crippen LogP contribution in [0.5, 0.6) is 0 Å². The van der Waals surface area contributed by atoms with Gasteiger partial charge >= 0.3 is 0 Å². The maximum Gasteiger partial charge on any atom is 0.242 e. The normalized spacial score (nSPS) is 12.3. The van der Waals surface area contributed by atoms with Crippen molar-refractivity contribution in [3.8, 4) is 0 Å². The molecule has 0 bridgehead atoms. The molecule has 0 radical (unpaired) electrons. The van der Waals surface area contributed by atoms with Gasteiger partial charge in [-0.05, 0) is 20.2 Å². The molecule has 22 heavy (non-hydrogen) atoms. The fraction of sp³-hybridized carbons (Fsp3) is 0.500. The highest BCUT2D eigenvalue weighted by atomic mass is 19.1. The SMILES string of the molecule is CC(C)C(=O)NCCNC(=O)C(c1ccccc1F)N(C)C. The minimum atomic E-state index is -0.706. The highest BCUT2D eigenvalue weighted by Crippen LogP contribution is 2.21. The third-order valence-corrected chi connectivity index (χ3v) is 3.21. The number of nitrogens with one attached hydrogen (secondary N) is 2. The second-order valence-corrected chi connectivity index (χ2v) is 5.62. The molecule has 0 aromatic heterocycles. The molecule has 1 atom stereocenters. The van der Waals surface area contributed by atoms with Gasteiger partial charge in [0.25, 0.3) is 0 Å². The van der Waals surface area contributed by atoms with Crippen molar-refractivity contribution in [2.45, 2.75) is 19.9 Å². The van der Waals surface area contributed by atoms with Crippen LogP contribution in [0, 0.1) is 11.7 Å². The van der Waals surface area contributed by atoms with Gasteiger partial charge in [0.1, 0.15) is 11.9 Å². The molecule has 0 fully saturated rings. The summed E-state index contributed by atoms with van der Waals surface area (Å²) in [5, 5.41) is 5.44. The van der Waals surface area contributed by atoms with Crippen molar-refractivity contribution in [1.82, 2.24) is 15.5 Å². The third-order valence-electron chi connectivity index (χ3n) is 3.21. The fourth-order valence-corrected chi connectivity index (χ4v) is 2.02. The largest absolute Gasteiger partial charge is 0.354 e. The molecule has 0 aliphatic carbocycles. The minimum Gasteiger partial charge on any atom is -0.354 e. The summed E-state index contributed by atoms with van der Waals surface area (Å²) in [5.41, 5.74) is 0.330. The van der Waals surface area contributed by atoms with Crippen molar-refractivity contribution in [1.29, 1.82) is 0 Å². The molecule has 2 N–H and O–H groups in total. The van der Waals surface area contributed by atoms with E-state index in [0.717, 1.165) is 0 Å². The van der Waals surface area contributed by atoms with Crippen LogP contribution in [-0.2, 0) is 9.59 Å². The summed E-state index contributed by atoms with van der Waals surface area (Å²) in [6.07, 6.45) is 0. The maximum atomic E-state index is 13.9. The molecule has 6 heteroatoms. The Hall–Kier alpha value is -1.95. The molecule has 1 aromatic carbocycles. The molecule has 2 amide bonds. The summed E-state index contributed by atoms with van der Waals surface area (Å²) in [6, 6.07) is 5.51. The van der Waals surface area contributed by atoms with Crippen molar-refractivity contribution in [2.75, 3.05) is 27.2 Å². The van der Waals surface area contributed by atoms with E-state index in [1.807, 2.05) is 0 Å². The molecule has 1 rings (SSSR count). The predicted octanol–water partition coefficient (Wildman–Crippen LogP) is 1.32. The summed E-state index contributed by atoms with van der Waals surface area (Å²) in [6.45, 7) is 4.25. The lowest BCUT2D eigenvalue weighted by Crippen LogP contribution is -2.41. The number of hydrogen-bond acceptors (Lipinski definition) is 3. The second kappa shape index (κ2) is 8.48. The highest BCUT2D eigenvalue weighted by Gasteiger charge is 2.25. The molecule has 0 spiro atoms. The first-order chi connectivity index (χ1) is 10.3. The zero-order valence-corrected chi connectivity index (χ0v) is 13.5. The Balaban J connectivity index is 2.61. The molecule has 122 valence electrons. The Morgan fingerprint density at radius 1 is 1.09 bits per heavy atom. The molecule has 5 nitrogen and oxygen atoms in total. The summed E-state index contributed by atoms with van der Waals surface area (Å²) in [5.74, 6) is -0.866. The number of rotatable bonds is 7. The summed E-state index contributed by atoms with van der Waals surface area (Å²) >= 11 is 0. The standard InChI is InChI=1S/C16H24FN3O2/c1-11(2)15(21)18-9-10-19-16(22)14(20(3)4)12-7-5-6-8-13(12)17/h5-8,11,14H,9-10H2,1-4H3,(H,18,21)(H,19,22). The van der Waals surface area contributed by atoms with Crippen molar-refractivity contribution in [2.24, 2.45) is 5.92 Å². The maximum absolute atomic E-state index is 13.9. The number of amides is 2. The van der Waals surface area contributed by atoms with Crippen molar-refractivity contribution < 1.29 is 14.0 Å². The first kappa shape index (κ1) is 18.1. The van der Waals surface area contributed by atoms with Gasteiger partial charge in [-0.15, -0.1) is 0 Å². The van der Waals surface area contributed by atoms with Crippen LogP contribution in [0.15, 0.2) is 24.3 Å². The zero-order chi connectivity index (χ0) is 16.7. The van der Waals surface area contributed by atoms with Crippen LogP contribution in [0.3, 0.4) is 0 Å². The Kier molecular flexibility index (Phi) is 6.98. The van der Waals surface area contributed by atoms with E-state index in [9.17, 15) is 14.0 Å².